The van der Waals surface area contributed by atoms with Gasteiger partial charge in [-0.05, 0) is 62.7 Å². The Kier molecular flexibility index (Phi) is 6.32. The van der Waals surface area contributed by atoms with E-state index in [1.807, 2.05) is 19.9 Å². The van der Waals surface area contributed by atoms with Crippen molar-refractivity contribution < 1.29 is 21.6 Å². The van der Waals surface area contributed by atoms with Crippen LogP contribution in [0.3, 0.4) is 0 Å². The maximum Gasteiger partial charge on any atom is 0.416 e. The summed E-state index contributed by atoms with van der Waals surface area (Å²) < 4.78 is 66.3. The molecule has 0 aliphatic carbocycles. The number of rotatable bonds is 6. The summed E-state index contributed by atoms with van der Waals surface area (Å²) in [4.78, 5) is 1.47. The zero-order valence-corrected chi connectivity index (χ0v) is 16.6. The molecule has 0 bridgehead atoms. The molecule has 2 aromatic rings. The Balaban J connectivity index is 2.40. The first-order valence-corrected chi connectivity index (χ1v) is 10.1. The molecule has 0 unspecified atom stereocenters. The van der Waals surface area contributed by atoms with Crippen LogP contribution in [0.5, 0.6) is 0 Å². The van der Waals surface area contributed by atoms with Crippen molar-refractivity contribution in [3.63, 3.8) is 0 Å². The van der Waals surface area contributed by atoms with Crippen LogP contribution in [-0.2, 0) is 16.2 Å². The SMILES string of the molecule is CCN(CC)c1ccc(NS(=O)(=O)c2cc(C(F)(F)F)ccc2Cl)c(C)c1. The summed E-state index contributed by atoms with van der Waals surface area (Å²) in [5.41, 5.74) is 0.767. The zero-order chi connectivity index (χ0) is 20.4. The highest BCUT2D eigenvalue weighted by Gasteiger charge is 2.32. The monoisotopic (exact) mass is 420 g/mol. The maximum absolute atomic E-state index is 12.9. The van der Waals surface area contributed by atoms with Crippen LogP contribution in [0.4, 0.5) is 24.5 Å². The van der Waals surface area contributed by atoms with Gasteiger partial charge in [0, 0.05) is 18.8 Å². The normalized spacial score (nSPS) is 12.1. The van der Waals surface area contributed by atoms with Crippen molar-refractivity contribution in [2.75, 3.05) is 22.7 Å². The van der Waals surface area contributed by atoms with Gasteiger partial charge in [0.1, 0.15) is 4.90 Å². The lowest BCUT2D eigenvalue weighted by molar-refractivity contribution is -0.137. The minimum Gasteiger partial charge on any atom is -0.372 e. The fourth-order valence-corrected chi connectivity index (χ4v) is 4.29. The number of anilines is 2. The highest BCUT2D eigenvalue weighted by molar-refractivity contribution is 7.92. The van der Waals surface area contributed by atoms with Crippen molar-refractivity contribution in [1.29, 1.82) is 0 Å². The second-order valence-corrected chi connectivity index (χ2v) is 7.98. The molecule has 0 amide bonds. The van der Waals surface area contributed by atoms with E-state index in [0.29, 0.717) is 11.6 Å². The summed E-state index contributed by atoms with van der Waals surface area (Å²) >= 11 is 5.85. The highest BCUT2D eigenvalue weighted by atomic mass is 35.5. The van der Waals surface area contributed by atoms with Gasteiger partial charge in [-0.15, -0.1) is 0 Å². The van der Waals surface area contributed by atoms with Crippen molar-refractivity contribution in [1.82, 2.24) is 0 Å². The van der Waals surface area contributed by atoms with Crippen LogP contribution in [0.25, 0.3) is 0 Å². The lowest BCUT2D eigenvalue weighted by Gasteiger charge is -2.22. The van der Waals surface area contributed by atoms with E-state index in [1.54, 1.807) is 19.1 Å². The highest BCUT2D eigenvalue weighted by Crippen LogP contribution is 2.34. The minimum atomic E-state index is -4.67. The van der Waals surface area contributed by atoms with Gasteiger partial charge in [-0.1, -0.05) is 11.6 Å². The van der Waals surface area contributed by atoms with E-state index >= 15 is 0 Å². The summed E-state index contributed by atoms with van der Waals surface area (Å²) in [6.07, 6.45) is -4.67. The van der Waals surface area contributed by atoms with E-state index in [-0.39, 0.29) is 10.7 Å². The summed E-state index contributed by atoms with van der Waals surface area (Å²) in [7, 11) is -4.29. The molecule has 9 heteroatoms. The number of hydrogen-bond acceptors (Lipinski definition) is 3. The Labute approximate surface area is 162 Å². The molecule has 0 aliphatic rings. The minimum absolute atomic E-state index is 0.277. The predicted molar refractivity (Wildman–Crippen MR) is 102 cm³/mol. The molecule has 2 aromatic carbocycles. The van der Waals surface area contributed by atoms with E-state index in [2.05, 4.69) is 9.62 Å². The van der Waals surface area contributed by atoms with Crippen LogP contribution in [-0.4, -0.2) is 21.5 Å². The average molecular weight is 421 g/mol. The number of benzene rings is 2. The number of nitrogens with one attached hydrogen (secondary N) is 1. The molecule has 0 aliphatic heterocycles. The van der Waals surface area contributed by atoms with Crippen LogP contribution in [0, 0.1) is 6.92 Å². The first-order valence-electron chi connectivity index (χ1n) is 8.24. The van der Waals surface area contributed by atoms with E-state index in [9.17, 15) is 21.6 Å². The first-order chi connectivity index (χ1) is 12.5. The molecule has 0 saturated carbocycles. The third-order valence-corrected chi connectivity index (χ3v) is 5.98. The van der Waals surface area contributed by atoms with E-state index < -0.39 is 26.7 Å². The van der Waals surface area contributed by atoms with Crippen molar-refractivity contribution in [3.8, 4) is 0 Å². The molecular weight excluding hydrogens is 401 g/mol. The molecule has 27 heavy (non-hydrogen) atoms. The molecule has 2 rings (SSSR count). The lowest BCUT2D eigenvalue weighted by atomic mass is 10.1. The summed E-state index contributed by atoms with van der Waals surface area (Å²) in [5, 5.41) is -0.284. The Morgan fingerprint density at radius 1 is 1.07 bits per heavy atom. The van der Waals surface area contributed by atoms with Gasteiger partial charge < -0.3 is 4.90 Å². The van der Waals surface area contributed by atoms with Crippen molar-refractivity contribution in [3.05, 3.63) is 52.5 Å². The van der Waals surface area contributed by atoms with Crippen molar-refractivity contribution >= 4 is 33.0 Å². The number of halogens is 4. The Bertz CT molecular complexity index is 927. The van der Waals surface area contributed by atoms with Gasteiger partial charge in [-0.2, -0.15) is 13.2 Å². The fraction of sp³-hybridized carbons (Fsp3) is 0.333. The third-order valence-electron chi connectivity index (χ3n) is 4.13. The van der Waals surface area contributed by atoms with Crippen LogP contribution >= 0.6 is 11.6 Å². The van der Waals surface area contributed by atoms with E-state index in [4.69, 9.17) is 11.6 Å². The molecule has 0 radical (unpaired) electrons. The molecule has 1 N–H and O–H groups in total. The average Bonchev–Trinajstić information content (AvgIpc) is 2.57. The van der Waals surface area contributed by atoms with E-state index in [0.717, 1.165) is 30.9 Å². The molecule has 0 heterocycles. The second-order valence-electron chi connectivity index (χ2n) is 5.92. The molecule has 0 atom stereocenters. The molecule has 0 spiro atoms. The maximum atomic E-state index is 12.9. The summed E-state index contributed by atoms with van der Waals surface area (Å²) in [6, 6.07) is 7.36. The van der Waals surface area contributed by atoms with Crippen LogP contribution in [0.2, 0.25) is 5.02 Å². The van der Waals surface area contributed by atoms with Crippen LogP contribution in [0.1, 0.15) is 25.0 Å². The van der Waals surface area contributed by atoms with Gasteiger partial charge in [-0.3, -0.25) is 4.72 Å². The number of alkyl halides is 3. The number of nitrogens with zero attached hydrogens (tertiary/aromatic N) is 1. The second kappa shape index (κ2) is 7.98. The lowest BCUT2D eigenvalue weighted by Crippen LogP contribution is -2.22. The van der Waals surface area contributed by atoms with Gasteiger partial charge in [0.05, 0.1) is 16.3 Å². The van der Waals surface area contributed by atoms with Crippen LogP contribution in [0.15, 0.2) is 41.3 Å². The van der Waals surface area contributed by atoms with Gasteiger partial charge in [0.2, 0.25) is 0 Å². The fourth-order valence-electron chi connectivity index (χ4n) is 2.63. The van der Waals surface area contributed by atoms with Gasteiger partial charge in [-0.25, -0.2) is 8.42 Å². The van der Waals surface area contributed by atoms with Gasteiger partial charge in [0.25, 0.3) is 10.0 Å². The van der Waals surface area contributed by atoms with E-state index in [1.165, 1.54) is 0 Å². The van der Waals surface area contributed by atoms with Gasteiger partial charge in [0.15, 0.2) is 0 Å². The van der Waals surface area contributed by atoms with Crippen molar-refractivity contribution in [2.45, 2.75) is 31.8 Å². The summed E-state index contributed by atoms with van der Waals surface area (Å²) in [5.74, 6) is 0. The largest absolute Gasteiger partial charge is 0.416 e. The quantitative estimate of drug-likeness (QED) is 0.688. The number of hydrogen-bond donors (Lipinski definition) is 1. The van der Waals surface area contributed by atoms with Gasteiger partial charge >= 0.3 is 6.18 Å². The number of aryl methyl sites for hydroxylation is 1. The van der Waals surface area contributed by atoms with Crippen LogP contribution < -0.4 is 9.62 Å². The zero-order valence-electron chi connectivity index (χ0n) is 15.1. The molecule has 4 nitrogen and oxygen atoms in total. The topological polar surface area (TPSA) is 49.4 Å². The molecule has 0 fully saturated rings. The molecule has 0 saturated heterocycles. The molecule has 148 valence electrons. The smallest absolute Gasteiger partial charge is 0.372 e. The Morgan fingerprint density at radius 2 is 1.70 bits per heavy atom. The standard InChI is InChI=1S/C18H20ClF3N2O2S/c1-4-24(5-2)14-7-9-16(12(3)10-14)23-27(25,26)17-11-13(18(20,21)22)6-8-15(17)19/h6-11,23H,4-5H2,1-3H3. The summed E-state index contributed by atoms with van der Waals surface area (Å²) in [6.45, 7) is 7.32. The predicted octanol–water partition coefficient (Wildman–Crippen LogP) is 5.31. The Morgan fingerprint density at radius 3 is 2.22 bits per heavy atom. The third kappa shape index (κ3) is 4.87. The molecule has 0 aromatic heterocycles. The number of sulfonamides is 1. The first kappa shape index (κ1) is 21.4. The van der Waals surface area contributed by atoms with Crippen molar-refractivity contribution in [2.24, 2.45) is 0 Å². The Hall–Kier alpha value is -1.93. The molecular formula is C18H20ClF3N2O2S.